The van der Waals surface area contributed by atoms with Crippen molar-refractivity contribution < 1.29 is 0 Å². The van der Waals surface area contributed by atoms with Crippen LogP contribution in [0.15, 0.2) is 18.2 Å². The molecule has 0 aromatic heterocycles. The molecule has 1 unspecified atom stereocenters. The molecule has 2 rings (SSSR count). The van der Waals surface area contributed by atoms with E-state index in [0.29, 0.717) is 16.5 Å². The molecule has 0 spiro atoms. The first-order valence-corrected chi connectivity index (χ1v) is 6.71. The summed E-state index contributed by atoms with van der Waals surface area (Å²) < 4.78 is 0. The molecule has 1 N–H and O–H groups in total. The van der Waals surface area contributed by atoms with Crippen molar-refractivity contribution in [1.29, 1.82) is 5.26 Å². The molecule has 1 aliphatic heterocycles. The molecule has 96 valence electrons. The largest absolute Gasteiger partial charge is 0.371 e. The molecule has 0 saturated carbocycles. The molecular formula is C14H18ClN3. The Morgan fingerprint density at radius 2 is 2.39 bits per heavy atom. The van der Waals surface area contributed by atoms with Crippen molar-refractivity contribution in [3.8, 4) is 6.07 Å². The molecule has 0 aliphatic carbocycles. The summed E-state index contributed by atoms with van der Waals surface area (Å²) in [7, 11) is 2.00. The summed E-state index contributed by atoms with van der Waals surface area (Å²) in [6.45, 7) is 3.19. The summed E-state index contributed by atoms with van der Waals surface area (Å²) in [5, 5.41) is 12.7. The molecule has 1 saturated heterocycles. The number of benzene rings is 1. The third-order valence-corrected chi connectivity index (χ3v) is 3.76. The molecule has 18 heavy (non-hydrogen) atoms. The van der Waals surface area contributed by atoms with Crippen LogP contribution in [0.2, 0.25) is 5.02 Å². The van der Waals surface area contributed by atoms with E-state index in [9.17, 15) is 0 Å². The molecule has 1 heterocycles. The number of hydrogen-bond donors (Lipinski definition) is 1. The van der Waals surface area contributed by atoms with Crippen LogP contribution in [0.4, 0.5) is 5.69 Å². The minimum Gasteiger partial charge on any atom is -0.371 e. The highest BCUT2D eigenvalue weighted by molar-refractivity contribution is 6.32. The van der Waals surface area contributed by atoms with E-state index in [1.165, 1.54) is 12.8 Å². The lowest BCUT2D eigenvalue weighted by atomic mass is 9.97. The fraction of sp³-hybridized carbons (Fsp3) is 0.500. The number of nitriles is 1. The van der Waals surface area contributed by atoms with Crippen LogP contribution in [-0.4, -0.2) is 26.7 Å². The van der Waals surface area contributed by atoms with Gasteiger partial charge in [0.15, 0.2) is 0 Å². The van der Waals surface area contributed by atoms with E-state index in [0.717, 1.165) is 25.3 Å². The van der Waals surface area contributed by atoms with Crippen LogP contribution in [0.25, 0.3) is 0 Å². The highest BCUT2D eigenvalue weighted by Crippen LogP contribution is 2.27. The summed E-state index contributed by atoms with van der Waals surface area (Å²) in [5.74, 6) is 0.693. The number of piperidine rings is 1. The molecule has 1 aromatic rings. The number of anilines is 1. The van der Waals surface area contributed by atoms with Gasteiger partial charge in [-0.1, -0.05) is 11.6 Å². The predicted octanol–water partition coefficient (Wildman–Crippen LogP) is 2.65. The van der Waals surface area contributed by atoms with Gasteiger partial charge in [-0.25, -0.2) is 0 Å². The van der Waals surface area contributed by atoms with Crippen LogP contribution in [-0.2, 0) is 0 Å². The number of nitrogens with zero attached hydrogens (tertiary/aromatic N) is 2. The van der Waals surface area contributed by atoms with Gasteiger partial charge in [0.05, 0.1) is 10.6 Å². The lowest BCUT2D eigenvalue weighted by Gasteiger charge is -2.34. The third kappa shape index (κ3) is 2.95. The normalized spacial score (nSPS) is 19.6. The molecule has 1 fully saturated rings. The Balaban J connectivity index is 2.11. The molecule has 1 atom stereocenters. The van der Waals surface area contributed by atoms with E-state index in [4.69, 9.17) is 16.9 Å². The van der Waals surface area contributed by atoms with Crippen LogP contribution >= 0.6 is 11.6 Å². The lowest BCUT2D eigenvalue weighted by molar-refractivity contribution is 0.403. The smallest absolute Gasteiger partial charge is 0.101 e. The Labute approximate surface area is 113 Å². The summed E-state index contributed by atoms with van der Waals surface area (Å²) in [5.41, 5.74) is 1.67. The second kappa shape index (κ2) is 6.08. The van der Waals surface area contributed by atoms with Gasteiger partial charge in [-0.05, 0) is 50.6 Å². The quantitative estimate of drug-likeness (QED) is 0.911. The van der Waals surface area contributed by atoms with Crippen molar-refractivity contribution >= 4 is 17.3 Å². The Morgan fingerprint density at radius 3 is 3.06 bits per heavy atom. The number of halogens is 1. The van der Waals surface area contributed by atoms with Crippen LogP contribution in [0.5, 0.6) is 0 Å². The predicted molar refractivity (Wildman–Crippen MR) is 75.0 cm³/mol. The van der Waals surface area contributed by atoms with Crippen molar-refractivity contribution in [2.75, 3.05) is 31.6 Å². The monoisotopic (exact) mass is 263 g/mol. The third-order valence-electron chi connectivity index (χ3n) is 3.45. The van der Waals surface area contributed by atoms with Crippen molar-refractivity contribution in [1.82, 2.24) is 5.32 Å². The maximum absolute atomic E-state index is 8.88. The number of nitrogens with one attached hydrogen (secondary N) is 1. The minimum absolute atomic E-state index is 0.546. The van der Waals surface area contributed by atoms with E-state index in [2.05, 4.69) is 16.3 Å². The summed E-state index contributed by atoms with van der Waals surface area (Å²) >= 11 is 6.08. The Bertz CT molecular complexity index is 451. The second-order valence-electron chi connectivity index (χ2n) is 4.79. The summed E-state index contributed by atoms with van der Waals surface area (Å²) in [6, 6.07) is 7.80. The second-order valence-corrected chi connectivity index (χ2v) is 5.20. The molecule has 1 aromatic carbocycles. The average molecular weight is 264 g/mol. The molecule has 4 heteroatoms. The van der Waals surface area contributed by atoms with Crippen LogP contribution in [0.3, 0.4) is 0 Å². The van der Waals surface area contributed by atoms with Crippen molar-refractivity contribution in [2.24, 2.45) is 5.92 Å². The summed E-state index contributed by atoms with van der Waals surface area (Å²) in [6.07, 6.45) is 2.49. The fourth-order valence-corrected chi connectivity index (χ4v) is 2.76. The number of rotatable bonds is 3. The van der Waals surface area contributed by atoms with E-state index in [1.54, 1.807) is 6.07 Å². The first kappa shape index (κ1) is 13.2. The Morgan fingerprint density at radius 1 is 1.56 bits per heavy atom. The van der Waals surface area contributed by atoms with Gasteiger partial charge in [0.1, 0.15) is 6.07 Å². The maximum atomic E-state index is 8.88. The van der Waals surface area contributed by atoms with Gasteiger partial charge in [-0.15, -0.1) is 0 Å². The zero-order valence-electron chi connectivity index (χ0n) is 10.6. The van der Waals surface area contributed by atoms with Gasteiger partial charge in [0, 0.05) is 18.8 Å². The van der Waals surface area contributed by atoms with E-state index in [1.807, 2.05) is 19.2 Å². The summed E-state index contributed by atoms with van der Waals surface area (Å²) in [4.78, 5) is 2.36. The highest BCUT2D eigenvalue weighted by Gasteiger charge is 2.19. The molecule has 0 bridgehead atoms. The fourth-order valence-electron chi connectivity index (χ4n) is 2.55. The molecule has 1 aliphatic rings. The van der Waals surface area contributed by atoms with Crippen LogP contribution in [0.1, 0.15) is 18.4 Å². The zero-order valence-corrected chi connectivity index (χ0v) is 11.4. The first-order valence-electron chi connectivity index (χ1n) is 6.33. The van der Waals surface area contributed by atoms with Crippen LogP contribution < -0.4 is 10.2 Å². The first-order chi connectivity index (χ1) is 8.74. The van der Waals surface area contributed by atoms with Gasteiger partial charge < -0.3 is 10.2 Å². The average Bonchev–Trinajstić information content (AvgIpc) is 2.39. The lowest BCUT2D eigenvalue weighted by Crippen LogP contribution is -2.39. The maximum Gasteiger partial charge on any atom is 0.101 e. The van der Waals surface area contributed by atoms with Crippen molar-refractivity contribution in [2.45, 2.75) is 12.8 Å². The van der Waals surface area contributed by atoms with E-state index >= 15 is 0 Å². The van der Waals surface area contributed by atoms with Crippen LogP contribution in [0, 0.1) is 17.2 Å². The Hall–Kier alpha value is -1.24. The molecule has 0 amide bonds. The molecule has 3 nitrogen and oxygen atoms in total. The molecular weight excluding hydrogens is 246 g/mol. The van der Waals surface area contributed by atoms with Gasteiger partial charge in [0.2, 0.25) is 0 Å². The van der Waals surface area contributed by atoms with Gasteiger partial charge in [0.25, 0.3) is 0 Å². The van der Waals surface area contributed by atoms with Gasteiger partial charge in [-0.2, -0.15) is 5.26 Å². The molecule has 0 radical (unpaired) electrons. The van der Waals surface area contributed by atoms with Crippen molar-refractivity contribution in [3.05, 3.63) is 28.8 Å². The van der Waals surface area contributed by atoms with Crippen molar-refractivity contribution in [3.63, 3.8) is 0 Å². The van der Waals surface area contributed by atoms with Gasteiger partial charge >= 0.3 is 0 Å². The topological polar surface area (TPSA) is 39.1 Å². The number of hydrogen-bond acceptors (Lipinski definition) is 3. The zero-order chi connectivity index (χ0) is 13.0. The highest BCUT2D eigenvalue weighted by atomic mass is 35.5. The Kier molecular flexibility index (Phi) is 4.46. The van der Waals surface area contributed by atoms with E-state index in [-0.39, 0.29) is 0 Å². The standard InChI is InChI=1S/C14H18ClN3/c1-17-9-11-3-2-6-18(10-11)13-5-4-12(8-16)14(15)7-13/h4-5,7,11,17H,2-3,6,9-10H2,1H3. The SMILES string of the molecule is CNCC1CCCN(c2ccc(C#N)c(Cl)c2)C1. The van der Waals surface area contributed by atoms with Gasteiger partial charge in [-0.3, -0.25) is 0 Å². The van der Waals surface area contributed by atoms with E-state index < -0.39 is 0 Å². The minimum atomic E-state index is 0.546.